The number of fused-ring (bicyclic) bond motifs is 2. The van der Waals surface area contributed by atoms with Crippen LogP contribution < -0.4 is 11.2 Å². The molecule has 0 amide bonds. The fraction of sp³-hybridized carbons (Fsp3) is 0.182. The summed E-state index contributed by atoms with van der Waals surface area (Å²) in [5.41, 5.74) is 10.1. The highest BCUT2D eigenvalue weighted by molar-refractivity contribution is 5.78. The topological polar surface area (TPSA) is 98.1 Å². The summed E-state index contributed by atoms with van der Waals surface area (Å²) in [6.07, 6.45) is 6.13. The Bertz CT molecular complexity index is 1250. The Morgan fingerprint density at radius 2 is 1.97 bits per heavy atom. The van der Waals surface area contributed by atoms with Crippen molar-refractivity contribution in [3.8, 4) is 11.4 Å². The van der Waals surface area contributed by atoms with Crippen molar-refractivity contribution in [2.75, 3.05) is 12.3 Å². The van der Waals surface area contributed by atoms with Gasteiger partial charge in [0, 0.05) is 55.8 Å². The maximum Gasteiger partial charge on any atom is 0.199 e. The highest BCUT2D eigenvalue weighted by atomic mass is 16.3. The minimum absolute atomic E-state index is 0.0700. The average molecular weight is 385 g/mol. The average Bonchev–Trinajstić information content (AvgIpc) is 2.77. The van der Waals surface area contributed by atoms with Gasteiger partial charge in [-0.2, -0.15) is 0 Å². The standard InChI is InChI=1S/C22H19N5O2/c23-21-17(20(28)16-3-1-2-4-19(16)29-21)13-27-10-7-18-15(12-27)11-25-22(26-18)14-5-8-24-9-6-14/h1-6,8-9,11H,7,10,12-13,23H2. The number of anilines is 1. The summed E-state index contributed by atoms with van der Waals surface area (Å²) in [6, 6.07) is 11.0. The van der Waals surface area contributed by atoms with Crippen molar-refractivity contribution in [3.05, 3.63) is 82.0 Å². The molecule has 144 valence electrons. The van der Waals surface area contributed by atoms with Crippen molar-refractivity contribution in [1.29, 1.82) is 0 Å². The van der Waals surface area contributed by atoms with Crippen molar-refractivity contribution >= 4 is 16.9 Å². The summed E-state index contributed by atoms with van der Waals surface area (Å²) in [4.78, 5) is 28.3. The molecule has 0 saturated carbocycles. The van der Waals surface area contributed by atoms with Crippen LogP contribution in [0.4, 0.5) is 5.88 Å². The van der Waals surface area contributed by atoms with E-state index in [4.69, 9.17) is 15.1 Å². The summed E-state index contributed by atoms with van der Waals surface area (Å²) in [5.74, 6) is 0.891. The van der Waals surface area contributed by atoms with Crippen molar-refractivity contribution in [3.63, 3.8) is 0 Å². The lowest BCUT2D eigenvalue weighted by atomic mass is 10.1. The molecule has 0 unspecified atom stereocenters. The highest BCUT2D eigenvalue weighted by Crippen LogP contribution is 2.23. The predicted octanol–water partition coefficient (Wildman–Crippen LogP) is 2.79. The third-order valence-electron chi connectivity index (χ3n) is 5.26. The minimum Gasteiger partial charge on any atom is -0.440 e. The molecule has 5 rings (SSSR count). The van der Waals surface area contributed by atoms with Gasteiger partial charge in [0.1, 0.15) is 5.58 Å². The molecule has 29 heavy (non-hydrogen) atoms. The second kappa shape index (κ2) is 7.10. The fourth-order valence-corrected chi connectivity index (χ4v) is 3.72. The van der Waals surface area contributed by atoms with Gasteiger partial charge in [-0.25, -0.2) is 9.97 Å². The zero-order valence-corrected chi connectivity index (χ0v) is 15.7. The van der Waals surface area contributed by atoms with E-state index in [1.807, 2.05) is 30.5 Å². The van der Waals surface area contributed by atoms with Gasteiger partial charge in [0.15, 0.2) is 17.1 Å². The van der Waals surface area contributed by atoms with Gasteiger partial charge >= 0.3 is 0 Å². The molecular formula is C22H19N5O2. The molecule has 4 aromatic rings. The molecule has 3 aromatic heterocycles. The Kier molecular flexibility index (Phi) is 4.29. The first kappa shape index (κ1) is 17.5. The van der Waals surface area contributed by atoms with E-state index in [0.717, 1.165) is 29.8 Å². The molecule has 1 aromatic carbocycles. The molecule has 1 aliphatic rings. The normalized spacial score (nSPS) is 14.1. The number of nitrogen functional groups attached to an aromatic ring is 1. The number of aromatic nitrogens is 3. The summed E-state index contributed by atoms with van der Waals surface area (Å²) in [5, 5.41) is 0.555. The number of para-hydroxylation sites is 1. The number of nitrogens with zero attached hydrogens (tertiary/aromatic N) is 4. The van der Waals surface area contributed by atoms with Crippen LogP contribution in [0.25, 0.3) is 22.4 Å². The molecule has 0 fully saturated rings. The van der Waals surface area contributed by atoms with Gasteiger partial charge < -0.3 is 10.2 Å². The number of hydrogen-bond donors (Lipinski definition) is 1. The molecule has 0 saturated heterocycles. The van der Waals surface area contributed by atoms with E-state index >= 15 is 0 Å². The number of nitrogens with two attached hydrogens (primary N) is 1. The zero-order valence-electron chi connectivity index (χ0n) is 15.7. The van der Waals surface area contributed by atoms with E-state index in [-0.39, 0.29) is 11.3 Å². The van der Waals surface area contributed by atoms with Crippen LogP contribution in [-0.4, -0.2) is 26.4 Å². The van der Waals surface area contributed by atoms with Crippen LogP contribution in [0.1, 0.15) is 16.8 Å². The van der Waals surface area contributed by atoms with Gasteiger partial charge in [-0.05, 0) is 24.3 Å². The number of rotatable bonds is 3. The fourth-order valence-electron chi connectivity index (χ4n) is 3.72. The molecule has 7 nitrogen and oxygen atoms in total. The Morgan fingerprint density at radius 3 is 2.83 bits per heavy atom. The third-order valence-corrected chi connectivity index (χ3v) is 5.26. The zero-order chi connectivity index (χ0) is 19.8. The second-order valence-electron chi connectivity index (χ2n) is 7.13. The van der Waals surface area contributed by atoms with Crippen molar-refractivity contribution in [1.82, 2.24) is 19.9 Å². The number of hydrogen-bond acceptors (Lipinski definition) is 7. The maximum atomic E-state index is 12.9. The van der Waals surface area contributed by atoms with Crippen LogP contribution in [-0.2, 0) is 19.5 Å². The van der Waals surface area contributed by atoms with Crippen molar-refractivity contribution < 1.29 is 4.42 Å². The SMILES string of the molecule is Nc1oc2ccccc2c(=O)c1CN1CCc2nc(-c3ccncc3)ncc2C1. The van der Waals surface area contributed by atoms with Crippen molar-refractivity contribution in [2.24, 2.45) is 0 Å². The van der Waals surface area contributed by atoms with E-state index in [1.165, 1.54) is 0 Å². The molecule has 0 bridgehead atoms. The van der Waals surface area contributed by atoms with E-state index < -0.39 is 0 Å². The van der Waals surface area contributed by atoms with Crippen LogP contribution in [0.2, 0.25) is 0 Å². The van der Waals surface area contributed by atoms with E-state index in [9.17, 15) is 4.79 Å². The quantitative estimate of drug-likeness (QED) is 0.579. The summed E-state index contributed by atoms with van der Waals surface area (Å²) >= 11 is 0. The minimum atomic E-state index is -0.0700. The molecule has 4 heterocycles. The van der Waals surface area contributed by atoms with E-state index in [0.29, 0.717) is 35.4 Å². The Hall–Kier alpha value is -3.58. The molecular weight excluding hydrogens is 366 g/mol. The second-order valence-corrected chi connectivity index (χ2v) is 7.13. The molecule has 1 aliphatic heterocycles. The van der Waals surface area contributed by atoms with Gasteiger partial charge in [-0.1, -0.05) is 12.1 Å². The lowest BCUT2D eigenvalue weighted by Crippen LogP contribution is -2.33. The first-order valence-corrected chi connectivity index (χ1v) is 9.47. The largest absolute Gasteiger partial charge is 0.440 e. The number of pyridine rings is 1. The van der Waals surface area contributed by atoms with Crippen LogP contribution in [0.5, 0.6) is 0 Å². The smallest absolute Gasteiger partial charge is 0.199 e. The molecule has 0 aliphatic carbocycles. The lowest BCUT2D eigenvalue weighted by molar-refractivity contribution is 0.241. The van der Waals surface area contributed by atoms with Gasteiger partial charge in [-0.3, -0.25) is 14.7 Å². The molecule has 7 heteroatoms. The number of benzene rings is 1. The van der Waals surface area contributed by atoms with Crippen LogP contribution >= 0.6 is 0 Å². The van der Waals surface area contributed by atoms with Gasteiger partial charge in [0.05, 0.1) is 16.6 Å². The molecule has 0 spiro atoms. The summed E-state index contributed by atoms with van der Waals surface area (Å²) < 4.78 is 5.67. The van der Waals surface area contributed by atoms with Gasteiger partial charge in [0.25, 0.3) is 0 Å². The molecule has 2 N–H and O–H groups in total. The third kappa shape index (κ3) is 3.25. The van der Waals surface area contributed by atoms with Crippen molar-refractivity contribution in [2.45, 2.75) is 19.5 Å². The van der Waals surface area contributed by atoms with Crippen LogP contribution in [0, 0.1) is 0 Å². The predicted molar refractivity (Wildman–Crippen MR) is 110 cm³/mol. The van der Waals surface area contributed by atoms with Crippen LogP contribution in [0.3, 0.4) is 0 Å². The Labute approximate surface area is 166 Å². The summed E-state index contributed by atoms with van der Waals surface area (Å²) in [7, 11) is 0. The molecule has 0 atom stereocenters. The van der Waals surface area contributed by atoms with Crippen LogP contribution in [0.15, 0.2) is 64.2 Å². The van der Waals surface area contributed by atoms with Gasteiger partial charge in [0.2, 0.25) is 0 Å². The first-order valence-electron chi connectivity index (χ1n) is 9.47. The first-order chi connectivity index (χ1) is 14.2. The Balaban J connectivity index is 1.41. The molecule has 0 radical (unpaired) electrons. The highest BCUT2D eigenvalue weighted by Gasteiger charge is 2.22. The summed E-state index contributed by atoms with van der Waals surface area (Å²) in [6.45, 7) is 1.88. The van der Waals surface area contributed by atoms with E-state index in [2.05, 4.69) is 14.9 Å². The van der Waals surface area contributed by atoms with Gasteiger partial charge in [-0.15, -0.1) is 0 Å². The lowest BCUT2D eigenvalue weighted by Gasteiger charge is -2.28. The maximum absolute atomic E-state index is 12.9. The Morgan fingerprint density at radius 1 is 1.14 bits per heavy atom. The monoisotopic (exact) mass is 385 g/mol. The van der Waals surface area contributed by atoms with E-state index in [1.54, 1.807) is 24.5 Å².